The summed E-state index contributed by atoms with van der Waals surface area (Å²) in [4.78, 5) is 45.7. The number of cyclic esters (lactones) is 1. The highest BCUT2D eigenvalue weighted by Gasteiger charge is 2.61. The summed E-state index contributed by atoms with van der Waals surface area (Å²) >= 11 is 0. The number of amides is 1. The fourth-order valence-electron chi connectivity index (χ4n) is 8.55. The van der Waals surface area contributed by atoms with Crippen LogP contribution in [0.4, 0.5) is 4.79 Å². The third kappa shape index (κ3) is 8.63. The van der Waals surface area contributed by atoms with Gasteiger partial charge < -0.3 is 38.4 Å². The lowest BCUT2D eigenvalue weighted by atomic mass is 9.73. The molecule has 1 amide bonds. The summed E-state index contributed by atoms with van der Waals surface area (Å²) in [7, 11) is 7.16. The Hall–Kier alpha value is -1.83. The molecular formula is C37H66N2O10. The van der Waals surface area contributed by atoms with Crippen LogP contribution < -0.4 is 0 Å². The van der Waals surface area contributed by atoms with Crippen LogP contribution in [0.3, 0.4) is 0 Å². The number of nitrogens with zero attached hydrogens (tertiary/aromatic N) is 2. The van der Waals surface area contributed by atoms with Gasteiger partial charge in [0.1, 0.15) is 18.0 Å². The highest BCUT2D eigenvalue weighted by molar-refractivity contribution is 5.85. The van der Waals surface area contributed by atoms with Gasteiger partial charge in [0.2, 0.25) is 0 Å². The third-order valence-electron chi connectivity index (χ3n) is 11.3. The molecule has 1 N–H and O–H groups in total. The molecule has 12 heteroatoms. The average molecular weight is 699 g/mol. The largest absolute Gasteiger partial charge is 0.458 e. The van der Waals surface area contributed by atoms with Crippen molar-refractivity contribution in [1.29, 1.82) is 0 Å². The first-order valence-electron chi connectivity index (χ1n) is 18.0. The zero-order chi connectivity index (χ0) is 37.4. The minimum atomic E-state index is -1.31. The summed E-state index contributed by atoms with van der Waals surface area (Å²) in [6, 6.07) is -0.716. The fraction of sp³-hybridized carbons (Fsp3) is 0.919. The van der Waals surface area contributed by atoms with E-state index in [4.69, 9.17) is 28.4 Å². The number of aliphatic hydroxyl groups excluding tert-OH is 1. The number of esters is 1. The summed E-state index contributed by atoms with van der Waals surface area (Å²) in [5.41, 5.74) is -2.74. The van der Waals surface area contributed by atoms with Crippen LogP contribution in [0.5, 0.6) is 0 Å². The van der Waals surface area contributed by atoms with Crippen molar-refractivity contribution in [3.63, 3.8) is 0 Å². The number of rotatable bonds is 7. The molecule has 49 heavy (non-hydrogen) atoms. The molecule has 0 aromatic heterocycles. The first-order chi connectivity index (χ1) is 22.6. The molecule has 3 rings (SSSR count). The van der Waals surface area contributed by atoms with Crippen molar-refractivity contribution in [3.8, 4) is 0 Å². The number of likely N-dealkylation sites (N-methyl/N-ethyl adjacent to an activating group) is 1. The first-order valence-corrected chi connectivity index (χ1v) is 18.0. The Morgan fingerprint density at radius 3 is 2.14 bits per heavy atom. The van der Waals surface area contributed by atoms with Gasteiger partial charge in [0.05, 0.1) is 35.9 Å². The second kappa shape index (κ2) is 15.8. The highest BCUT2D eigenvalue weighted by Crippen LogP contribution is 2.44. The summed E-state index contributed by atoms with van der Waals surface area (Å²) in [5.74, 6) is -3.59. The SMILES string of the molecule is CCC1OC(=O)C(C)C(O)C(C)C(OC2OC(C)CC(N(C)C)C2OC)C(C)(OC)CC(C)C(=O)C(C)C2N(CC(C)(C)C)C(=O)OC12C. The van der Waals surface area contributed by atoms with Crippen molar-refractivity contribution in [2.75, 3.05) is 34.9 Å². The van der Waals surface area contributed by atoms with Gasteiger partial charge >= 0.3 is 12.1 Å². The maximum Gasteiger partial charge on any atom is 0.410 e. The standard InChI is InChI=1S/C37H66N2O10/c1-16-26-37(11)30(39(34(43)49-37)19-35(7,8)9)22(4)27(40)20(2)18-36(10,45-15)31(23(5)28(41)24(6)32(42)47-26)48-33-29(44-14)25(38(12)13)17-21(3)46-33/h20-26,28-31,33,41H,16-19H2,1-15H3. The van der Waals surface area contributed by atoms with E-state index in [1.165, 1.54) is 0 Å². The molecule has 14 atom stereocenters. The molecule has 0 radical (unpaired) electrons. The van der Waals surface area contributed by atoms with Crippen molar-refractivity contribution >= 4 is 17.8 Å². The van der Waals surface area contributed by atoms with E-state index in [1.807, 2.05) is 76.4 Å². The molecule has 0 aliphatic carbocycles. The monoisotopic (exact) mass is 698 g/mol. The summed E-state index contributed by atoms with van der Waals surface area (Å²) in [5, 5.41) is 11.9. The number of fused-ring (bicyclic) bond motifs is 1. The Bertz CT molecular complexity index is 1160. The Morgan fingerprint density at radius 1 is 1.02 bits per heavy atom. The zero-order valence-corrected chi connectivity index (χ0v) is 32.8. The highest BCUT2D eigenvalue weighted by atomic mass is 16.7. The van der Waals surface area contributed by atoms with Gasteiger partial charge in [0.15, 0.2) is 11.9 Å². The van der Waals surface area contributed by atoms with Gasteiger partial charge in [0.25, 0.3) is 0 Å². The van der Waals surface area contributed by atoms with Crippen LogP contribution in [0.15, 0.2) is 0 Å². The van der Waals surface area contributed by atoms with Gasteiger partial charge in [-0.1, -0.05) is 48.5 Å². The summed E-state index contributed by atoms with van der Waals surface area (Å²) < 4.78 is 37.6. The number of Topliss-reactive ketones (excluding diaryl/α,β-unsaturated/α-hetero) is 1. The van der Waals surface area contributed by atoms with Crippen molar-refractivity contribution in [2.45, 2.75) is 156 Å². The van der Waals surface area contributed by atoms with Gasteiger partial charge in [-0.3, -0.25) is 14.5 Å². The van der Waals surface area contributed by atoms with E-state index in [9.17, 15) is 19.5 Å². The second-order valence-electron chi connectivity index (χ2n) is 16.8. The van der Waals surface area contributed by atoms with Crippen LogP contribution in [0.25, 0.3) is 0 Å². The van der Waals surface area contributed by atoms with Crippen molar-refractivity contribution in [3.05, 3.63) is 0 Å². The van der Waals surface area contributed by atoms with Crippen LogP contribution in [0, 0.1) is 29.1 Å². The van der Waals surface area contributed by atoms with Crippen LogP contribution in [0.2, 0.25) is 0 Å². The molecule has 3 aliphatic rings. The number of hydrogen-bond donors (Lipinski definition) is 1. The average Bonchev–Trinajstić information content (AvgIpc) is 3.27. The third-order valence-corrected chi connectivity index (χ3v) is 11.3. The molecule has 0 saturated carbocycles. The van der Waals surface area contributed by atoms with Gasteiger partial charge in [-0.2, -0.15) is 0 Å². The predicted octanol–water partition coefficient (Wildman–Crippen LogP) is 4.68. The van der Waals surface area contributed by atoms with E-state index in [0.717, 1.165) is 6.42 Å². The molecule has 3 aliphatic heterocycles. The van der Waals surface area contributed by atoms with Crippen LogP contribution >= 0.6 is 0 Å². The number of hydrogen-bond acceptors (Lipinski definition) is 11. The molecule has 0 aromatic carbocycles. The van der Waals surface area contributed by atoms with Crippen molar-refractivity contribution in [1.82, 2.24) is 9.80 Å². The van der Waals surface area contributed by atoms with Crippen molar-refractivity contribution < 1.29 is 47.9 Å². The molecule has 284 valence electrons. The van der Waals surface area contributed by atoms with Crippen LogP contribution in [-0.2, 0) is 38.0 Å². The summed E-state index contributed by atoms with van der Waals surface area (Å²) in [6.07, 6.45) is -3.59. The van der Waals surface area contributed by atoms with Crippen LogP contribution in [0.1, 0.15) is 95.4 Å². The molecule has 0 bridgehead atoms. The number of ketones is 1. The molecule has 3 heterocycles. The maximum atomic E-state index is 14.5. The smallest absolute Gasteiger partial charge is 0.410 e. The predicted molar refractivity (Wildman–Crippen MR) is 185 cm³/mol. The topological polar surface area (TPSA) is 133 Å². The fourth-order valence-corrected chi connectivity index (χ4v) is 8.55. The normalized spacial score (nSPS) is 43.2. The lowest BCUT2D eigenvalue weighted by molar-refractivity contribution is -0.305. The summed E-state index contributed by atoms with van der Waals surface area (Å²) in [6.45, 7) is 21.0. The van der Waals surface area contributed by atoms with Gasteiger partial charge in [-0.05, 0) is 66.5 Å². The van der Waals surface area contributed by atoms with Crippen LogP contribution in [-0.4, -0.2) is 128 Å². The minimum Gasteiger partial charge on any atom is -0.458 e. The minimum absolute atomic E-state index is 0.00536. The maximum absolute atomic E-state index is 14.5. The van der Waals surface area contributed by atoms with E-state index < -0.39 is 83.7 Å². The molecule has 12 nitrogen and oxygen atoms in total. The number of carbonyl (C=O) groups excluding carboxylic acids is 3. The van der Waals surface area contributed by atoms with Gasteiger partial charge in [0, 0.05) is 44.6 Å². The molecule has 3 saturated heterocycles. The second-order valence-corrected chi connectivity index (χ2v) is 16.8. The zero-order valence-electron chi connectivity index (χ0n) is 32.8. The number of aliphatic hydroxyl groups is 1. The van der Waals surface area contributed by atoms with Gasteiger partial charge in [-0.25, -0.2) is 4.79 Å². The van der Waals surface area contributed by atoms with E-state index >= 15 is 0 Å². The Labute approximate surface area is 294 Å². The lowest BCUT2D eigenvalue weighted by Gasteiger charge is -2.48. The first kappa shape index (κ1) is 41.6. The number of methoxy groups -OCH3 is 2. The van der Waals surface area contributed by atoms with Crippen molar-refractivity contribution in [2.24, 2.45) is 29.1 Å². The number of ether oxygens (including phenoxy) is 6. The van der Waals surface area contributed by atoms with E-state index in [-0.39, 0.29) is 29.8 Å². The number of carbonyl (C=O) groups is 3. The molecule has 0 aromatic rings. The molecule has 3 fully saturated rings. The molecule has 0 spiro atoms. The van der Waals surface area contributed by atoms with E-state index in [1.54, 1.807) is 33.0 Å². The van der Waals surface area contributed by atoms with E-state index in [0.29, 0.717) is 13.0 Å². The quantitative estimate of drug-likeness (QED) is 0.372. The Morgan fingerprint density at radius 2 is 1.63 bits per heavy atom. The lowest BCUT2D eigenvalue weighted by Crippen LogP contribution is -2.61. The molecular weight excluding hydrogens is 632 g/mol. The Kier molecular flexibility index (Phi) is 13.4. The Balaban J connectivity index is 2.16. The van der Waals surface area contributed by atoms with Gasteiger partial charge in [-0.15, -0.1) is 0 Å². The van der Waals surface area contributed by atoms with E-state index in [2.05, 4.69) is 4.90 Å². The molecule has 14 unspecified atom stereocenters.